The van der Waals surface area contributed by atoms with E-state index in [0.717, 1.165) is 29.8 Å². The minimum atomic E-state index is -0.161. The highest BCUT2D eigenvalue weighted by Gasteiger charge is 2.40. The molecule has 0 unspecified atom stereocenters. The van der Waals surface area contributed by atoms with Crippen LogP contribution in [0.2, 0.25) is 0 Å². The Labute approximate surface area is 155 Å². The number of hydrogen-bond acceptors (Lipinski definition) is 3. The molecule has 1 saturated carbocycles. The first-order valence-electron chi connectivity index (χ1n) is 9.26. The lowest BCUT2D eigenvalue weighted by atomic mass is 9.67. The van der Waals surface area contributed by atoms with E-state index in [1.807, 2.05) is 18.2 Å². The second-order valence-electron chi connectivity index (χ2n) is 6.93. The summed E-state index contributed by atoms with van der Waals surface area (Å²) in [4.78, 5) is 14.4. The van der Waals surface area contributed by atoms with Gasteiger partial charge in [-0.1, -0.05) is 79.7 Å². The van der Waals surface area contributed by atoms with Crippen LogP contribution in [0.3, 0.4) is 0 Å². The van der Waals surface area contributed by atoms with Gasteiger partial charge in [-0.3, -0.25) is 4.79 Å². The molecule has 1 aromatic rings. The normalized spacial score (nSPS) is 17.0. The Morgan fingerprint density at radius 3 is 2.46 bits per heavy atom. The van der Waals surface area contributed by atoms with E-state index in [4.69, 9.17) is 0 Å². The molecule has 0 radical (unpaired) electrons. The summed E-state index contributed by atoms with van der Waals surface area (Å²) in [6.45, 7) is 4.51. The van der Waals surface area contributed by atoms with Gasteiger partial charge in [0.1, 0.15) is 0 Å². The molecule has 0 heterocycles. The maximum Gasteiger partial charge on any atom is 0.230 e. The van der Waals surface area contributed by atoms with Crippen molar-refractivity contribution in [2.45, 2.75) is 70.1 Å². The second kappa shape index (κ2) is 9.76. The van der Waals surface area contributed by atoms with Crippen molar-refractivity contribution >= 4 is 33.2 Å². The molecular weight excluding hydrogens is 334 g/mol. The predicted molar refractivity (Wildman–Crippen MR) is 109 cm³/mol. The van der Waals surface area contributed by atoms with Crippen LogP contribution in [-0.2, 0) is 4.79 Å². The molecule has 24 heavy (non-hydrogen) atoms. The van der Waals surface area contributed by atoms with Crippen LogP contribution in [0.15, 0.2) is 29.2 Å². The van der Waals surface area contributed by atoms with Crippen LogP contribution >= 0.6 is 21.6 Å². The maximum atomic E-state index is 13.3. The van der Waals surface area contributed by atoms with Crippen LogP contribution in [0.25, 0.3) is 0 Å². The molecule has 1 amide bonds. The van der Waals surface area contributed by atoms with E-state index in [1.54, 1.807) is 21.6 Å². The van der Waals surface area contributed by atoms with Crippen molar-refractivity contribution in [2.24, 2.45) is 11.3 Å². The molecular formula is C20H31NOS2. The third-order valence-electron chi connectivity index (χ3n) is 5.43. The number of carbonyl (C=O) groups is 1. The van der Waals surface area contributed by atoms with E-state index in [-0.39, 0.29) is 11.3 Å². The monoisotopic (exact) mass is 365 g/mol. The van der Waals surface area contributed by atoms with E-state index >= 15 is 0 Å². The van der Waals surface area contributed by atoms with Gasteiger partial charge in [0.25, 0.3) is 0 Å². The Bertz CT molecular complexity index is 522. The van der Waals surface area contributed by atoms with E-state index in [0.29, 0.717) is 5.92 Å². The van der Waals surface area contributed by atoms with E-state index in [2.05, 4.69) is 31.5 Å². The molecule has 4 heteroatoms. The summed E-state index contributed by atoms with van der Waals surface area (Å²) in [6, 6.07) is 8.17. The predicted octanol–water partition coefficient (Wildman–Crippen LogP) is 6.77. The van der Waals surface area contributed by atoms with Crippen molar-refractivity contribution in [1.82, 2.24) is 0 Å². The quantitative estimate of drug-likeness (QED) is 0.515. The zero-order valence-corrected chi connectivity index (χ0v) is 16.9. The van der Waals surface area contributed by atoms with Gasteiger partial charge in [-0.05, 0) is 43.6 Å². The van der Waals surface area contributed by atoms with Gasteiger partial charge >= 0.3 is 0 Å². The van der Waals surface area contributed by atoms with E-state index < -0.39 is 0 Å². The number of hydrogen-bond donors (Lipinski definition) is 1. The fourth-order valence-corrected chi connectivity index (χ4v) is 5.37. The number of amides is 1. The summed E-state index contributed by atoms with van der Waals surface area (Å²) in [5.41, 5.74) is 0.808. The minimum absolute atomic E-state index is 0.161. The van der Waals surface area contributed by atoms with E-state index in [1.165, 1.54) is 32.1 Å². The topological polar surface area (TPSA) is 29.1 Å². The third-order valence-corrected chi connectivity index (χ3v) is 7.18. The fourth-order valence-electron chi connectivity index (χ4n) is 3.87. The molecule has 2 rings (SSSR count). The summed E-state index contributed by atoms with van der Waals surface area (Å²) in [6.07, 6.45) is 11.2. The zero-order valence-electron chi connectivity index (χ0n) is 15.3. The minimum Gasteiger partial charge on any atom is -0.325 e. The lowest BCUT2D eigenvalue weighted by Gasteiger charge is -2.38. The van der Waals surface area contributed by atoms with Gasteiger partial charge in [0.05, 0.1) is 5.69 Å². The Balaban J connectivity index is 2.19. The Hall–Kier alpha value is -0.610. The first-order valence-corrected chi connectivity index (χ1v) is 11.8. The fraction of sp³-hybridized carbons (Fsp3) is 0.650. The van der Waals surface area contributed by atoms with Gasteiger partial charge < -0.3 is 5.32 Å². The summed E-state index contributed by atoms with van der Waals surface area (Å²) >= 11 is 0. The van der Waals surface area contributed by atoms with Crippen molar-refractivity contribution in [1.29, 1.82) is 0 Å². The number of anilines is 1. The average Bonchev–Trinajstić information content (AvgIpc) is 2.62. The molecule has 0 spiro atoms. The molecule has 1 aliphatic carbocycles. The Morgan fingerprint density at radius 2 is 1.83 bits per heavy atom. The van der Waals surface area contributed by atoms with Gasteiger partial charge in [0.2, 0.25) is 5.91 Å². The van der Waals surface area contributed by atoms with Gasteiger partial charge in [0.15, 0.2) is 0 Å². The molecule has 134 valence electrons. The van der Waals surface area contributed by atoms with Crippen molar-refractivity contribution in [3.63, 3.8) is 0 Å². The highest BCUT2D eigenvalue weighted by atomic mass is 33.1. The lowest BCUT2D eigenvalue weighted by molar-refractivity contribution is -0.128. The highest BCUT2D eigenvalue weighted by molar-refractivity contribution is 8.76. The lowest BCUT2D eigenvalue weighted by Crippen LogP contribution is -2.39. The van der Waals surface area contributed by atoms with Gasteiger partial charge in [0, 0.05) is 10.3 Å². The number of para-hydroxylation sites is 1. The third kappa shape index (κ3) is 4.95. The number of rotatable bonds is 8. The number of nitrogens with one attached hydrogen (secondary N) is 1. The molecule has 2 nitrogen and oxygen atoms in total. The van der Waals surface area contributed by atoms with Crippen LogP contribution < -0.4 is 5.32 Å². The van der Waals surface area contributed by atoms with Crippen LogP contribution in [-0.4, -0.2) is 12.2 Å². The number of benzene rings is 1. The van der Waals surface area contributed by atoms with Crippen LogP contribution in [0, 0.1) is 11.3 Å². The summed E-state index contributed by atoms with van der Waals surface area (Å²) in [5.74, 6) is 0.910. The molecule has 1 N–H and O–H groups in total. The Morgan fingerprint density at radius 1 is 1.17 bits per heavy atom. The highest BCUT2D eigenvalue weighted by Crippen LogP contribution is 2.44. The molecule has 1 aromatic carbocycles. The van der Waals surface area contributed by atoms with Crippen molar-refractivity contribution in [3.8, 4) is 0 Å². The Kier molecular flexibility index (Phi) is 8.02. The molecule has 0 saturated heterocycles. The average molecular weight is 366 g/mol. The van der Waals surface area contributed by atoms with Crippen molar-refractivity contribution < 1.29 is 4.79 Å². The molecule has 0 atom stereocenters. The largest absolute Gasteiger partial charge is 0.325 e. The van der Waals surface area contributed by atoms with Crippen LogP contribution in [0.4, 0.5) is 5.69 Å². The maximum absolute atomic E-state index is 13.3. The molecule has 1 aliphatic rings. The standard InChI is InChI=1S/C20H31NOS2/c1-4-16(5-2)15-20(13-9-6-10-14-20)19(22)21-17-11-7-8-12-18(17)24-23-3/h7-8,11-12,16H,4-6,9-10,13-15H2,1-3H3,(H,21,22). The molecule has 0 aliphatic heterocycles. The van der Waals surface area contributed by atoms with E-state index in [9.17, 15) is 4.79 Å². The SMILES string of the molecule is CCC(CC)CC1(C(=O)Nc2ccccc2SSC)CCCCC1. The first kappa shape index (κ1) is 19.7. The summed E-state index contributed by atoms with van der Waals surface area (Å²) in [7, 11) is 3.43. The van der Waals surface area contributed by atoms with Crippen molar-refractivity contribution in [3.05, 3.63) is 24.3 Å². The molecule has 0 aromatic heterocycles. The summed E-state index contributed by atoms with van der Waals surface area (Å²) in [5, 5.41) is 3.29. The van der Waals surface area contributed by atoms with Gasteiger partial charge in [-0.15, -0.1) is 0 Å². The van der Waals surface area contributed by atoms with Crippen LogP contribution in [0.5, 0.6) is 0 Å². The zero-order chi connectivity index (χ0) is 17.4. The first-order chi connectivity index (χ1) is 11.6. The van der Waals surface area contributed by atoms with Gasteiger partial charge in [-0.25, -0.2) is 0 Å². The number of carbonyl (C=O) groups excluding carboxylic acids is 1. The van der Waals surface area contributed by atoms with Crippen LogP contribution in [0.1, 0.15) is 65.2 Å². The summed E-state index contributed by atoms with van der Waals surface area (Å²) < 4.78 is 0. The molecule has 1 fully saturated rings. The molecule has 0 bridgehead atoms. The smallest absolute Gasteiger partial charge is 0.230 e. The second-order valence-corrected chi connectivity index (χ2v) is 9.37. The van der Waals surface area contributed by atoms with Crippen molar-refractivity contribution in [2.75, 3.05) is 11.6 Å². The van der Waals surface area contributed by atoms with Gasteiger partial charge in [-0.2, -0.15) is 0 Å².